The Morgan fingerprint density at radius 2 is 2.26 bits per heavy atom. The molecule has 2 aromatic rings. The molecule has 0 fully saturated rings. The molecule has 0 amide bonds. The van der Waals surface area contributed by atoms with Gasteiger partial charge in [0.25, 0.3) is 0 Å². The van der Waals surface area contributed by atoms with Gasteiger partial charge in [0.1, 0.15) is 5.82 Å². The van der Waals surface area contributed by atoms with Gasteiger partial charge in [-0.3, -0.25) is 16.0 Å². The van der Waals surface area contributed by atoms with Crippen LogP contribution in [0.25, 0.3) is 0 Å². The van der Waals surface area contributed by atoms with Crippen molar-refractivity contribution in [3.8, 4) is 0 Å². The molecule has 6 heteroatoms. The number of nitrogens with one attached hydrogen (secondary N) is 1. The summed E-state index contributed by atoms with van der Waals surface area (Å²) in [5.41, 5.74) is 5.13. The van der Waals surface area contributed by atoms with Crippen molar-refractivity contribution in [3.05, 3.63) is 51.5 Å². The van der Waals surface area contributed by atoms with Crippen LogP contribution in [0.15, 0.2) is 28.7 Å². The maximum absolute atomic E-state index is 13.9. The van der Waals surface area contributed by atoms with Crippen LogP contribution in [0.1, 0.15) is 23.0 Å². The molecular weight excluding hydrogens is 311 g/mol. The summed E-state index contributed by atoms with van der Waals surface area (Å²) in [7, 11) is 1.87. The van der Waals surface area contributed by atoms with E-state index in [0.29, 0.717) is 16.5 Å². The number of hydrogen-bond donors (Lipinski definition) is 2. The Morgan fingerprint density at radius 3 is 2.79 bits per heavy atom. The van der Waals surface area contributed by atoms with Gasteiger partial charge in [-0.25, -0.2) is 4.39 Å². The van der Waals surface area contributed by atoms with Crippen LogP contribution in [0.2, 0.25) is 0 Å². The van der Waals surface area contributed by atoms with Gasteiger partial charge in [-0.2, -0.15) is 5.10 Å². The van der Waals surface area contributed by atoms with E-state index >= 15 is 0 Å². The highest BCUT2D eigenvalue weighted by atomic mass is 79.9. The molecule has 0 aliphatic rings. The monoisotopic (exact) mass is 326 g/mol. The summed E-state index contributed by atoms with van der Waals surface area (Å²) < 4.78 is 16.4. The molecule has 0 radical (unpaired) electrons. The van der Waals surface area contributed by atoms with Crippen molar-refractivity contribution in [2.75, 3.05) is 0 Å². The zero-order valence-electron chi connectivity index (χ0n) is 10.8. The lowest BCUT2D eigenvalue weighted by Crippen LogP contribution is -2.31. The largest absolute Gasteiger partial charge is 0.272 e. The smallest absolute Gasteiger partial charge is 0.129 e. The third-order valence-corrected chi connectivity index (χ3v) is 3.75. The van der Waals surface area contributed by atoms with Crippen LogP contribution in [-0.2, 0) is 13.5 Å². The van der Waals surface area contributed by atoms with Crippen molar-refractivity contribution in [3.63, 3.8) is 0 Å². The fourth-order valence-corrected chi connectivity index (χ4v) is 2.77. The number of aryl methyl sites for hydroxylation is 2. The molecule has 0 spiro atoms. The lowest BCUT2D eigenvalue weighted by atomic mass is 10.0. The van der Waals surface area contributed by atoms with Gasteiger partial charge in [-0.05, 0) is 25.1 Å². The van der Waals surface area contributed by atoms with Gasteiger partial charge in [0.15, 0.2) is 0 Å². The second kappa shape index (κ2) is 5.81. The molecular formula is C13H16BrFN4. The van der Waals surface area contributed by atoms with Crippen LogP contribution >= 0.6 is 15.9 Å². The molecule has 0 aliphatic carbocycles. The Balaban J connectivity index is 2.33. The molecule has 3 N–H and O–H groups in total. The first-order chi connectivity index (χ1) is 9.02. The van der Waals surface area contributed by atoms with Gasteiger partial charge in [0.2, 0.25) is 0 Å². The first-order valence-electron chi connectivity index (χ1n) is 5.92. The van der Waals surface area contributed by atoms with E-state index in [4.69, 9.17) is 5.84 Å². The summed E-state index contributed by atoms with van der Waals surface area (Å²) in [6.07, 6.45) is 0.563. The normalized spacial score (nSPS) is 12.7. The van der Waals surface area contributed by atoms with E-state index in [1.165, 1.54) is 6.07 Å². The van der Waals surface area contributed by atoms with E-state index < -0.39 is 0 Å². The second-order valence-corrected chi connectivity index (χ2v) is 5.31. The number of nitrogens with zero attached hydrogens (tertiary/aromatic N) is 2. The zero-order chi connectivity index (χ0) is 14.0. The molecule has 102 valence electrons. The molecule has 1 heterocycles. The van der Waals surface area contributed by atoms with Crippen LogP contribution in [0, 0.1) is 12.7 Å². The average Bonchev–Trinajstić information content (AvgIpc) is 2.66. The Hall–Kier alpha value is -1.24. The molecule has 0 aliphatic heterocycles. The highest BCUT2D eigenvalue weighted by Crippen LogP contribution is 2.28. The van der Waals surface area contributed by atoms with Crippen LogP contribution in [0.5, 0.6) is 0 Å². The minimum absolute atomic E-state index is 0.281. The van der Waals surface area contributed by atoms with Crippen LogP contribution in [0.3, 0.4) is 0 Å². The van der Waals surface area contributed by atoms with E-state index in [0.717, 1.165) is 11.4 Å². The number of benzene rings is 1. The number of nitrogens with two attached hydrogens (primary N) is 1. The summed E-state index contributed by atoms with van der Waals surface area (Å²) in [4.78, 5) is 0. The quantitative estimate of drug-likeness (QED) is 0.670. The van der Waals surface area contributed by atoms with Gasteiger partial charge in [0, 0.05) is 29.2 Å². The van der Waals surface area contributed by atoms with Crippen LogP contribution < -0.4 is 11.3 Å². The standard InChI is InChI=1S/C13H16BrFN4/c1-8-6-9(19(2)18-8)7-12(17-16)13-10(14)4-3-5-11(13)15/h3-6,12,17H,7,16H2,1-2H3. The summed E-state index contributed by atoms with van der Waals surface area (Å²) >= 11 is 3.37. The van der Waals surface area contributed by atoms with Crippen molar-refractivity contribution in [1.29, 1.82) is 0 Å². The SMILES string of the molecule is Cc1cc(CC(NN)c2c(F)cccc2Br)n(C)n1. The predicted molar refractivity (Wildman–Crippen MR) is 75.8 cm³/mol. The van der Waals surface area contributed by atoms with Crippen molar-refractivity contribution in [1.82, 2.24) is 15.2 Å². The number of aromatic nitrogens is 2. The first kappa shape index (κ1) is 14.2. The van der Waals surface area contributed by atoms with Gasteiger partial charge >= 0.3 is 0 Å². The third kappa shape index (κ3) is 3.02. The number of rotatable bonds is 4. The van der Waals surface area contributed by atoms with Crippen molar-refractivity contribution in [2.24, 2.45) is 12.9 Å². The third-order valence-electron chi connectivity index (χ3n) is 3.06. The summed E-state index contributed by atoms with van der Waals surface area (Å²) in [6, 6.07) is 6.55. The molecule has 0 saturated carbocycles. The van der Waals surface area contributed by atoms with Gasteiger partial charge in [-0.15, -0.1) is 0 Å². The molecule has 1 unspecified atom stereocenters. The van der Waals surface area contributed by atoms with E-state index in [-0.39, 0.29) is 11.9 Å². The molecule has 1 aromatic heterocycles. The number of hydrogen-bond acceptors (Lipinski definition) is 3. The Bertz CT molecular complexity index is 562. The van der Waals surface area contributed by atoms with Crippen molar-refractivity contribution < 1.29 is 4.39 Å². The van der Waals surface area contributed by atoms with Gasteiger partial charge in [-0.1, -0.05) is 22.0 Å². The van der Waals surface area contributed by atoms with Gasteiger partial charge in [0.05, 0.1) is 11.7 Å². The maximum atomic E-state index is 13.9. The molecule has 1 atom stereocenters. The highest BCUT2D eigenvalue weighted by Gasteiger charge is 2.19. The number of hydrazine groups is 1. The average molecular weight is 327 g/mol. The van der Waals surface area contributed by atoms with E-state index in [2.05, 4.69) is 26.5 Å². The van der Waals surface area contributed by atoms with Crippen molar-refractivity contribution in [2.45, 2.75) is 19.4 Å². The molecule has 2 rings (SSSR count). The van der Waals surface area contributed by atoms with Crippen LogP contribution in [-0.4, -0.2) is 9.78 Å². The Kier molecular flexibility index (Phi) is 4.34. The topological polar surface area (TPSA) is 55.9 Å². The second-order valence-electron chi connectivity index (χ2n) is 4.46. The Labute approximate surface area is 119 Å². The molecule has 0 bridgehead atoms. The summed E-state index contributed by atoms with van der Waals surface area (Å²) in [6.45, 7) is 1.92. The lowest BCUT2D eigenvalue weighted by Gasteiger charge is -2.18. The first-order valence-corrected chi connectivity index (χ1v) is 6.71. The predicted octanol–water partition coefficient (Wildman–Crippen LogP) is 2.38. The zero-order valence-corrected chi connectivity index (χ0v) is 12.4. The van der Waals surface area contributed by atoms with E-state index in [9.17, 15) is 4.39 Å². The molecule has 4 nitrogen and oxygen atoms in total. The minimum Gasteiger partial charge on any atom is -0.272 e. The maximum Gasteiger partial charge on any atom is 0.129 e. The van der Waals surface area contributed by atoms with Crippen molar-refractivity contribution >= 4 is 15.9 Å². The fourth-order valence-electron chi connectivity index (χ4n) is 2.15. The highest BCUT2D eigenvalue weighted by molar-refractivity contribution is 9.10. The molecule has 0 saturated heterocycles. The van der Waals surface area contributed by atoms with E-state index in [1.807, 2.05) is 20.0 Å². The fraction of sp³-hybridized carbons (Fsp3) is 0.308. The lowest BCUT2D eigenvalue weighted by molar-refractivity contribution is 0.495. The van der Waals surface area contributed by atoms with E-state index in [1.54, 1.807) is 16.8 Å². The minimum atomic E-state index is -0.314. The molecule has 1 aromatic carbocycles. The summed E-state index contributed by atoms with van der Waals surface area (Å²) in [5, 5.41) is 4.28. The van der Waals surface area contributed by atoms with Crippen LogP contribution in [0.4, 0.5) is 4.39 Å². The molecule has 19 heavy (non-hydrogen) atoms. The Morgan fingerprint density at radius 1 is 1.53 bits per heavy atom. The summed E-state index contributed by atoms with van der Waals surface area (Å²) in [5.74, 6) is 5.30. The number of halogens is 2. The van der Waals surface area contributed by atoms with Gasteiger partial charge < -0.3 is 0 Å².